The number of fused-ring (bicyclic) bond motifs is 2. The van der Waals surface area contributed by atoms with Crippen LogP contribution in [0.25, 0.3) is 11.3 Å². The summed E-state index contributed by atoms with van der Waals surface area (Å²) >= 11 is 6.60. The summed E-state index contributed by atoms with van der Waals surface area (Å²) in [5.74, 6) is -1.25. The van der Waals surface area contributed by atoms with Crippen LogP contribution in [0.15, 0.2) is 18.2 Å². The van der Waals surface area contributed by atoms with Crippen molar-refractivity contribution in [3.8, 4) is 28.6 Å². The minimum absolute atomic E-state index is 0.00302. The van der Waals surface area contributed by atoms with Crippen LogP contribution in [0.1, 0.15) is 16.8 Å². The van der Waals surface area contributed by atoms with Crippen LogP contribution in [0.2, 0.25) is 5.02 Å². The number of pyridine rings is 1. The summed E-state index contributed by atoms with van der Waals surface area (Å²) in [4.78, 5) is 19.6. The van der Waals surface area contributed by atoms with Gasteiger partial charge in [0.05, 0.1) is 24.8 Å². The lowest BCUT2D eigenvalue weighted by Crippen LogP contribution is -2.54. The highest BCUT2D eigenvalue weighted by Gasteiger charge is 2.39. The number of nitrogens with one attached hydrogen (secondary N) is 1. The van der Waals surface area contributed by atoms with Gasteiger partial charge in [-0.05, 0) is 12.1 Å². The van der Waals surface area contributed by atoms with Crippen LogP contribution in [-0.4, -0.2) is 72.5 Å². The number of phenolic OH excluding ortho intramolecular Hbond substituents is 1. The van der Waals surface area contributed by atoms with Crippen LogP contribution >= 0.6 is 11.6 Å². The maximum atomic E-state index is 14.6. The number of hydrogen-bond acceptors (Lipinski definition) is 7. The minimum Gasteiger partial charge on any atom is -0.507 e. The van der Waals surface area contributed by atoms with Gasteiger partial charge in [-0.2, -0.15) is 0 Å². The Hall–Kier alpha value is -2.62. The van der Waals surface area contributed by atoms with Crippen molar-refractivity contribution in [1.29, 1.82) is 0 Å². The van der Waals surface area contributed by atoms with Gasteiger partial charge in [0, 0.05) is 26.1 Å². The second-order valence-electron chi connectivity index (χ2n) is 7.69. The molecule has 0 saturated carbocycles. The summed E-state index contributed by atoms with van der Waals surface area (Å²) in [5, 5.41) is 13.5. The van der Waals surface area contributed by atoms with Crippen molar-refractivity contribution in [2.45, 2.75) is 18.6 Å². The van der Waals surface area contributed by atoms with Crippen LogP contribution < -0.4 is 14.8 Å². The number of amides is 1. The third kappa shape index (κ3) is 3.56. The number of halogens is 2. The molecule has 0 radical (unpaired) electrons. The summed E-state index contributed by atoms with van der Waals surface area (Å²) in [5.41, 5.74) is -0.112. The van der Waals surface area contributed by atoms with Gasteiger partial charge in [0.25, 0.3) is 5.91 Å². The Bertz CT molecular complexity index is 1010. The number of benzene rings is 1. The van der Waals surface area contributed by atoms with E-state index in [-0.39, 0.29) is 63.9 Å². The van der Waals surface area contributed by atoms with E-state index in [0.29, 0.717) is 39.3 Å². The molecule has 0 aliphatic carbocycles. The number of aromatic hydroxyl groups is 1. The first-order chi connectivity index (χ1) is 15.0. The molecule has 1 aromatic carbocycles. The van der Waals surface area contributed by atoms with E-state index in [0.717, 1.165) is 0 Å². The summed E-state index contributed by atoms with van der Waals surface area (Å²) in [6, 6.07) is 3.73. The number of phenols is 1. The molecule has 2 fully saturated rings. The van der Waals surface area contributed by atoms with Gasteiger partial charge in [-0.1, -0.05) is 17.7 Å². The molecule has 8 nitrogen and oxygen atoms in total. The largest absolute Gasteiger partial charge is 0.507 e. The Morgan fingerprint density at radius 3 is 2.97 bits per heavy atom. The van der Waals surface area contributed by atoms with Crippen molar-refractivity contribution in [3.63, 3.8) is 0 Å². The summed E-state index contributed by atoms with van der Waals surface area (Å²) in [6.07, 6.45) is 0.319. The summed E-state index contributed by atoms with van der Waals surface area (Å²) < 4.78 is 32.0. The Morgan fingerprint density at radius 1 is 1.32 bits per heavy atom. The second-order valence-corrected chi connectivity index (χ2v) is 8.07. The molecule has 1 aromatic heterocycles. The fraction of sp³-hybridized carbons (Fsp3) is 0.429. The van der Waals surface area contributed by atoms with Crippen molar-refractivity contribution in [2.24, 2.45) is 0 Å². The Kier molecular flexibility index (Phi) is 5.33. The molecule has 164 valence electrons. The van der Waals surface area contributed by atoms with Crippen LogP contribution in [0.4, 0.5) is 4.39 Å². The molecule has 31 heavy (non-hydrogen) atoms. The Balaban J connectivity index is 1.69. The van der Waals surface area contributed by atoms with Gasteiger partial charge in [0.2, 0.25) is 5.88 Å². The molecule has 3 aliphatic rings. The molecular formula is C21H21ClFN3O5. The maximum absolute atomic E-state index is 14.6. The fourth-order valence-corrected chi connectivity index (χ4v) is 4.39. The van der Waals surface area contributed by atoms with E-state index >= 15 is 0 Å². The van der Waals surface area contributed by atoms with Crippen LogP contribution in [0.5, 0.6) is 17.4 Å². The van der Waals surface area contributed by atoms with Crippen molar-refractivity contribution in [3.05, 3.63) is 34.6 Å². The molecule has 4 heterocycles. The van der Waals surface area contributed by atoms with Gasteiger partial charge >= 0.3 is 0 Å². The lowest BCUT2D eigenvalue weighted by Gasteiger charge is -2.33. The topological polar surface area (TPSA) is 93.2 Å². The first-order valence-electron chi connectivity index (χ1n) is 10.1. The fourth-order valence-electron chi connectivity index (χ4n) is 4.11. The number of rotatable bonds is 3. The third-order valence-corrected chi connectivity index (χ3v) is 6.05. The number of carbonyl (C=O) groups excluding carboxylic acids is 1. The highest BCUT2D eigenvalue weighted by Crippen LogP contribution is 2.45. The van der Waals surface area contributed by atoms with Gasteiger partial charge in [-0.15, -0.1) is 0 Å². The van der Waals surface area contributed by atoms with E-state index in [1.165, 1.54) is 18.2 Å². The quantitative estimate of drug-likeness (QED) is 0.742. The monoisotopic (exact) mass is 449 g/mol. The molecule has 2 N–H and O–H groups in total. The molecule has 1 unspecified atom stereocenters. The Morgan fingerprint density at radius 2 is 2.19 bits per heavy atom. The average molecular weight is 450 g/mol. The SMILES string of the molecule is O=C1c2c(OC3CCOC3)nc(-c3c(O)cccc3F)c(Cl)c2OC[C@H]2CNCCN12. The normalized spacial score (nSPS) is 23.0. The molecule has 3 aliphatic heterocycles. The van der Waals surface area contributed by atoms with E-state index < -0.39 is 5.82 Å². The number of hydrogen-bond donors (Lipinski definition) is 2. The van der Waals surface area contributed by atoms with Gasteiger partial charge in [-0.3, -0.25) is 4.79 Å². The predicted molar refractivity (Wildman–Crippen MR) is 109 cm³/mol. The number of carbonyl (C=O) groups is 1. The number of piperazine rings is 1. The Labute approximate surface area is 182 Å². The number of aromatic nitrogens is 1. The maximum Gasteiger partial charge on any atom is 0.263 e. The van der Waals surface area contributed by atoms with E-state index in [9.17, 15) is 14.3 Å². The zero-order valence-electron chi connectivity index (χ0n) is 16.6. The predicted octanol–water partition coefficient (Wildman–Crippen LogP) is 2.22. The molecule has 0 spiro atoms. The molecule has 5 rings (SSSR count). The molecule has 2 aromatic rings. The molecule has 0 bridgehead atoms. The molecule has 2 saturated heterocycles. The van der Waals surface area contributed by atoms with Gasteiger partial charge < -0.3 is 29.5 Å². The van der Waals surface area contributed by atoms with Crippen molar-refractivity contribution < 1.29 is 28.5 Å². The lowest BCUT2D eigenvalue weighted by molar-refractivity contribution is 0.0600. The van der Waals surface area contributed by atoms with Crippen LogP contribution in [0.3, 0.4) is 0 Å². The highest BCUT2D eigenvalue weighted by atomic mass is 35.5. The van der Waals surface area contributed by atoms with Crippen molar-refractivity contribution in [1.82, 2.24) is 15.2 Å². The van der Waals surface area contributed by atoms with Crippen LogP contribution in [-0.2, 0) is 4.74 Å². The van der Waals surface area contributed by atoms with Crippen LogP contribution in [0, 0.1) is 5.82 Å². The number of ether oxygens (including phenoxy) is 3. The zero-order chi connectivity index (χ0) is 21.5. The molecule has 2 atom stereocenters. The van der Waals surface area contributed by atoms with Crippen molar-refractivity contribution in [2.75, 3.05) is 39.5 Å². The first-order valence-corrected chi connectivity index (χ1v) is 10.5. The van der Waals surface area contributed by atoms with E-state index in [1.54, 1.807) is 4.90 Å². The minimum atomic E-state index is -0.703. The second kappa shape index (κ2) is 8.14. The summed E-state index contributed by atoms with van der Waals surface area (Å²) in [6.45, 7) is 2.84. The number of nitrogens with zero attached hydrogens (tertiary/aromatic N) is 2. The van der Waals surface area contributed by atoms with E-state index in [2.05, 4.69) is 10.3 Å². The smallest absolute Gasteiger partial charge is 0.263 e. The first kappa shape index (κ1) is 20.3. The molecule has 1 amide bonds. The summed E-state index contributed by atoms with van der Waals surface area (Å²) in [7, 11) is 0. The van der Waals surface area contributed by atoms with Gasteiger partial charge in [0.1, 0.15) is 40.6 Å². The third-order valence-electron chi connectivity index (χ3n) is 5.70. The lowest BCUT2D eigenvalue weighted by atomic mass is 10.1. The van der Waals surface area contributed by atoms with Gasteiger partial charge in [0.15, 0.2) is 5.75 Å². The van der Waals surface area contributed by atoms with E-state index in [4.69, 9.17) is 25.8 Å². The molecule has 10 heteroatoms. The van der Waals surface area contributed by atoms with E-state index in [1.807, 2.05) is 0 Å². The van der Waals surface area contributed by atoms with Crippen molar-refractivity contribution >= 4 is 17.5 Å². The highest BCUT2D eigenvalue weighted by molar-refractivity contribution is 6.35. The molecular weight excluding hydrogens is 429 g/mol. The average Bonchev–Trinajstić information content (AvgIpc) is 3.22. The zero-order valence-corrected chi connectivity index (χ0v) is 17.3. The van der Waals surface area contributed by atoms with Gasteiger partial charge in [-0.25, -0.2) is 9.37 Å². The standard InChI is InChI=1S/C21H21ClFN3O5/c22-17-18(15-13(23)2-1-3-14(15)27)25-20(31-12-4-7-29-10-12)16-19(17)30-9-11-8-24-5-6-26(11)21(16)28/h1-3,11-12,24,27H,4-10H2/t11-,12?/m1/s1.